The number of carbonyl (C=O) groups excluding carboxylic acids is 2. The fourth-order valence-corrected chi connectivity index (χ4v) is 2.12. The predicted octanol–water partition coefficient (Wildman–Crippen LogP) is -0.577. The highest BCUT2D eigenvalue weighted by atomic mass is 16.8. The summed E-state index contributed by atoms with van der Waals surface area (Å²) in [5.41, 5.74) is 0. The molecule has 0 aromatic carbocycles. The zero-order valence-corrected chi connectivity index (χ0v) is 12.8. The summed E-state index contributed by atoms with van der Waals surface area (Å²) in [6, 6.07) is 0. The van der Waals surface area contributed by atoms with Crippen LogP contribution in [-0.2, 0) is 19.1 Å². The molecule has 8 heteroatoms. The molecule has 0 saturated carbocycles. The first-order valence-corrected chi connectivity index (χ1v) is 7.37. The Labute approximate surface area is 129 Å². The highest BCUT2D eigenvalue weighted by molar-refractivity contribution is 5.87. The third kappa shape index (κ3) is 5.98. The molecule has 0 amide bonds. The van der Waals surface area contributed by atoms with E-state index in [1.165, 1.54) is 0 Å². The minimum Gasteiger partial charge on any atom is -0.412 e. The van der Waals surface area contributed by atoms with Crippen molar-refractivity contribution in [2.75, 3.05) is 6.61 Å². The lowest BCUT2D eigenvalue weighted by molar-refractivity contribution is -0.354. The van der Waals surface area contributed by atoms with Crippen LogP contribution in [0.2, 0.25) is 0 Å². The Bertz CT molecular complexity index is 359. The van der Waals surface area contributed by atoms with E-state index in [0.717, 1.165) is 25.7 Å². The monoisotopic (exact) mass is 322 g/mol. The Morgan fingerprint density at radius 3 is 2.59 bits per heavy atom. The van der Waals surface area contributed by atoms with Crippen LogP contribution in [0.25, 0.3) is 0 Å². The van der Waals surface area contributed by atoms with Gasteiger partial charge in [-0.3, -0.25) is 9.59 Å². The maximum absolute atomic E-state index is 11.6. The summed E-state index contributed by atoms with van der Waals surface area (Å²) in [5, 5.41) is 28.4. The van der Waals surface area contributed by atoms with E-state index in [1.54, 1.807) is 0 Å². The summed E-state index contributed by atoms with van der Waals surface area (Å²) in [6.45, 7) is 1.49. The van der Waals surface area contributed by atoms with Crippen LogP contribution >= 0.6 is 0 Å². The van der Waals surface area contributed by atoms with Crippen LogP contribution in [0.5, 0.6) is 0 Å². The molecule has 0 unspecified atom stereocenters. The summed E-state index contributed by atoms with van der Waals surface area (Å²) in [5.74, 6) is -4.37. The number of ether oxygens (including phenoxy) is 2. The van der Waals surface area contributed by atoms with Crippen LogP contribution in [-0.4, -0.2) is 57.3 Å². The number of ketones is 1. The van der Waals surface area contributed by atoms with Gasteiger partial charge in [0.25, 0.3) is 0 Å². The number of esters is 1. The number of hydrogen-bond donors (Lipinski definition) is 3. The molecule has 0 bridgehead atoms. The van der Waals surface area contributed by atoms with E-state index in [2.05, 4.69) is 6.92 Å². The predicted molar refractivity (Wildman–Crippen MR) is 75.6 cm³/mol. The van der Waals surface area contributed by atoms with E-state index in [4.69, 9.17) is 14.6 Å². The Morgan fingerprint density at radius 1 is 1.36 bits per heavy atom. The fourth-order valence-electron chi connectivity index (χ4n) is 2.12. The molecule has 8 nitrogen and oxygen atoms in total. The number of rotatable bonds is 8. The van der Waals surface area contributed by atoms with E-state index in [1.807, 2.05) is 0 Å². The summed E-state index contributed by atoms with van der Waals surface area (Å²) >= 11 is 0. The van der Waals surface area contributed by atoms with Gasteiger partial charge in [0.15, 0.2) is 0 Å². The summed E-state index contributed by atoms with van der Waals surface area (Å²) < 4.78 is 9.53. The first-order valence-electron chi connectivity index (χ1n) is 7.37. The van der Waals surface area contributed by atoms with Gasteiger partial charge < -0.3 is 30.3 Å². The number of carbonyl (C=O) groups is 2. The van der Waals surface area contributed by atoms with Crippen molar-refractivity contribution in [1.29, 1.82) is 0 Å². The molecular weight excluding hydrogens is 296 g/mol. The molecule has 0 aromatic heterocycles. The van der Waals surface area contributed by atoms with Crippen LogP contribution in [0.1, 0.15) is 51.9 Å². The zero-order chi connectivity index (χ0) is 15.9. The van der Waals surface area contributed by atoms with Gasteiger partial charge in [0.1, 0.15) is 6.10 Å². The molecule has 0 aromatic rings. The van der Waals surface area contributed by atoms with E-state index in [9.17, 15) is 19.8 Å². The van der Waals surface area contributed by atoms with Crippen LogP contribution in [0.15, 0.2) is 0 Å². The van der Waals surface area contributed by atoms with Crippen molar-refractivity contribution in [2.24, 2.45) is 0 Å². The SMILES string of the molecule is CCCCCCCC(=O)O[C@@]1(O)O[C@H](CO)[C@@H](O)CC1=O.O. The average molecular weight is 322 g/mol. The van der Waals surface area contributed by atoms with E-state index >= 15 is 0 Å². The minimum atomic E-state index is -2.70. The first-order chi connectivity index (χ1) is 9.92. The van der Waals surface area contributed by atoms with Gasteiger partial charge >= 0.3 is 11.9 Å². The molecule has 0 aliphatic carbocycles. The topological polar surface area (TPSA) is 145 Å². The maximum atomic E-state index is 11.6. The van der Waals surface area contributed by atoms with Crippen molar-refractivity contribution in [3.8, 4) is 0 Å². The van der Waals surface area contributed by atoms with Gasteiger partial charge in [-0.25, -0.2) is 0 Å². The second kappa shape index (κ2) is 9.86. The maximum Gasteiger partial charge on any atom is 0.391 e. The molecule has 1 aliphatic heterocycles. The van der Waals surface area contributed by atoms with E-state index in [-0.39, 0.29) is 11.9 Å². The number of aliphatic hydroxyl groups is 3. The summed E-state index contributed by atoms with van der Waals surface area (Å²) in [7, 11) is 0. The molecule has 130 valence electrons. The Hall–Kier alpha value is -1.06. The molecule has 0 radical (unpaired) electrons. The molecule has 1 rings (SSSR count). The molecule has 1 aliphatic rings. The standard InChI is InChI=1S/C14H24O7.H2O/c1-2-3-4-5-6-7-13(18)21-14(19)12(17)8-10(16)11(9-15)20-14;/h10-11,15-16,19H,2-9H2,1H3;1H2/t10-,11+,14-;/m0./s1. The van der Waals surface area contributed by atoms with Crippen molar-refractivity contribution < 1.29 is 39.9 Å². The highest BCUT2D eigenvalue weighted by Crippen LogP contribution is 2.26. The lowest BCUT2D eigenvalue weighted by Gasteiger charge is -2.36. The first kappa shape index (κ1) is 20.9. The molecule has 1 heterocycles. The van der Waals surface area contributed by atoms with Gasteiger partial charge in [-0.15, -0.1) is 0 Å². The Balaban J connectivity index is 0.00000441. The lowest BCUT2D eigenvalue weighted by Crippen LogP contribution is -2.57. The summed E-state index contributed by atoms with van der Waals surface area (Å²) in [6.07, 6.45) is 1.93. The number of hydrogen-bond acceptors (Lipinski definition) is 7. The highest BCUT2D eigenvalue weighted by Gasteiger charge is 2.50. The molecule has 0 spiro atoms. The second-order valence-corrected chi connectivity index (χ2v) is 5.25. The Kier molecular flexibility index (Phi) is 9.38. The van der Waals surface area contributed by atoms with Crippen LogP contribution in [0.3, 0.4) is 0 Å². The molecule has 5 N–H and O–H groups in total. The van der Waals surface area contributed by atoms with Crippen molar-refractivity contribution in [3.63, 3.8) is 0 Å². The van der Waals surface area contributed by atoms with Gasteiger partial charge in [-0.1, -0.05) is 32.6 Å². The van der Waals surface area contributed by atoms with Crippen molar-refractivity contribution in [2.45, 2.75) is 70.1 Å². The average Bonchev–Trinajstić information content (AvgIpc) is 2.43. The quantitative estimate of drug-likeness (QED) is 0.308. The van der Waals surface area contributed by atoms with Crippen LogP contribution in [0.4, 0.5) is 0 Å². The molecule has 1 saturated heterocycles. The van der Waals surface area contributed by atoms with Gasteiger partial charge in [0, 0.05) is 12.8 Å². The zero-order valence-electron chi connectivity index (χ0n) is 12.8. The van der Waals surface area contributed by atoms with Crippen molar-refractivity contribution in [3.05, 3.63) is 0 Å². The summed E-state index contributed by atoms with van der Waals surface area (Å²) in [4.78, 5) is 23.3. The minimum absolute atomic E-state index is 0. The molecule has 22 heavy (non-hydrogen) atoms. The molecular formula is C14H26O8. The van der Waals surface area contributed by atoms with E-state index < -0.39 is 43.0 Å². The Morgan fingerprint density at radius 2 is 2.00 bits per heavy atom. The van der Waals surface area contributed by atoms with Gasteiger partial charge in [-0.2, -0.15) is 0 Å². The van der Waals surface area contributed by atoms with Gasteiger partial charge in [0.05, 0.1) is 12.7 Å². The second-order valence-electron chi connectivity index (χ2n) is 5.25. The van der Waals surface area contributed by atoms with Crippen LogP contribution in [0, 0.1) is 0 Å². The fraction of sp³-hybridized carbons (Fsp3) is 0.857. The lowest BCUT2D eigenvalue weighted by atomic mass is 10.0. The third-order valence-corrected chi connectivity index (χ3v) is 3.40. The van der Waals surface area contributed by atoms with Gasteiger partial charge in [0.2, 0.25) is 5.78 Å². The van der Waals surface area contributed by atoms with Crippen LogP contribution < -0.4 is 0 Å². The van der Waals surface area contributed by atoms with Crippen molar-refractivity contribution in [1.82, 2.24) is 0 Å². The van der Waals surface area contributed by atoms with Crippen molar-refractivity contribution >= 4 is 11.8 Å². The third-order valence-electron chi connectivity index (χ3n) is 3.40. The smallest absolute Gasteiger partial charge is 0.391 e. The number of Topliss-reactive ketones (excluding diaryl/α,β-unsaturated/α-hetero) is 1. The molecule has 3 atom stereocenters. The number of aliphatic hydroxyl groups excluding tert-OH is 2. The normalized spacial score (nSPS) is 28.1. The number of unbranched alkanes of at least 4 members (excludes halogenated alkanes) is 4. The molecule has 1 fully saturated rings. The van der Waals surface area contributed by atoms with E-state index in [0.29, 0.717) is 6.42 Å². The largest absolute Gasteiger partial charge is 0.412 e. The van der Waals surface area contributed by atoms with Gasteiger partial charge in [-0.05, 0) is 6.42 Å².